The molecule has 3 N–H and O–H groups in total. The maximum absolute atomic E-state index is 14.7. The lowest BCUT2D eigenvalue weighted by Gasteiger charge is -2.38. The van der Waals surface area contributed by atoms with Crippen molar-refractivity contribution in [2.24, 2.45) is 0 Å². The predicted molar refractivity (Wildman–Crippen MR) is 181 cm³/mol. The number of benzene rings is 4. The number of phenolic OH excluding ortho intramolecular Hbond substituents is 1. The van der Waals surface area contributed by atoms with E-state index in [4.69, 9.17) is 11.2 Å². The molecule has 0 heterocycles. The Morgan fingerprint density at radius 3 is 2.20 bits per heavy atom. The van der Waals surface area contributed by atoms with Crippen LogP contribution < -0.4 is 10.6 Å². The molecule has 8 nitrogen and oxygen atoms in total. The number of aromatic hydroxyl groups is 1. The number of alkyl carbamates (subject to hydrolysis) is 1. The number of amides is 3. The molecule has 0 saturated heterocycles. The molecule has 46 heavy (non-hydrogen) atoms. The minimum atomic E-state index is -1.09. The van der Waals surface area contributed by atoms with E-state index >= 15 is 0 Å². The number of carbonyl (C=O) groups is 3. The van der Waals surface area contributed by atoms with Gasteiger partial charge in [0.1, 0.15) is 23.4 Å². The molecule has 3 unspecified atom stereocenters. The molecular weight excluding hydrogens is 578 g/mol. The third kappa shape index (κ3) is 8.66. The average Bonchev–Trinajstić information content (AvgIpc) is 3.02. The van der Waals surface area contributed by atoms with Gasteiger partial charge in [-0.2, -0.15) is 0 Å². The van der Waals surface area contributed by atoms with Gasteiger partial charge in [-0.05, 0) is 92.4 Å². The van der Waals surface area contributed by atoms with Crippen LogP contribution in [0.3, 0.4) is 0 Å². The third-order valence-electron chi connectivity index (χ3n) is 7.62. The number of nitrogens with zero attached hydrogens (tertiary/aromatic N) is 1. The Hall–Kier alpha value is -5.29. The highest BCUT2D eigenvalue weighted by Crippen LogP contribution is 2.29. The first kappa shape index (κ1) is 33.6. The minimum Gasteiger partial charge on any atom is -0.508 e. The number of rotatable bonds is 10. The first-order valence-electron chi connectivity index (χ1n) is 15.3. The van der Waals surface area contributed by atoms with Gasteiger partial charge in [0.25, 0.3) is 5.91 Å². The van der Waals surface area contributed by atoms with Crippen LogP contribution in [0.5, 0.6) is 5.75 Å². The van der Waals surface area contributed by atoms with Gasteiger partial charge in [0.05, 0.1) is 0 Å². The summed E-state index contributed by atoms with van der Waals surface area (Å²) in [7, 11) is 0. The Morgan fingerprint density at radius 1 is 0.935 bits per heavy atom. The molecule has 4 aromatic rings. The molecule has 0 aliphatic carbocycles. The summed E-state index contributed by atoms with van der Waals surface area (Å²) in [5.41, 5.74) is 1.68. The number of phenols is 1. The summed E-state index contributed by atoms with van der Waals surface area (Å²) in [5, 5.41) is 17.6. The van der Waals surface area contributed by atoms with E-state index in [0.717, 1.165) is 10.8 Å². The molecule has 4 aromatic carbocycles. The standard InChI is InChI=1S/C38H41N3O5/c1-7-25(3)41(36(44)33(40-37(45)46-38(4,5)6)23-27-15-21-32(42)22-16-27)34(29-17-13-26(8-2)14-18-29)35(43)39-31-20-19-28-11-9-10-12-30(28)24-31/h2,9-22,24-25,33-34,42H,7,23H2,1,3-6H3,(H,39,43)(H,40,45). The third-order valence-corrected chi connectivity index (χ3v) is 7.62. The van der Waals surface area contributed by atoms with Crippen molar-refractivity contribution in [3.05, 3.63) is 108 Å². The summed E-state index contributed by atoms with van der Waals surface area (Å²) in [4.78, 5) is 43.6. The zero-order chi connectivity index (χ0) is 33.4. The van der Waals surface area contributed by atoms with E-state index in [1.54, 1.807) is 57.2 Å². The van der Waals surface area contributed by atoms with Crippen LogP contribution in [0.25, 0.3) is 10.8 Å². The summed E-state index contributed by atoms with van der Waals surface area (Å²) in [5.74, 6) is 1.79. The Balaban J connectivity index is 1.77. The van der Waals surface area contributed by atoms with E-state index in [2.05, 4.69) is 16.6 Å². The first-order chi connectivity index (χ1) is 21.9. The van der Waals surface area contributed by atoms with Crippen LogP contribution in [0.15, 0.2) is 91.0 Å². The second-order valence-electron chi connectivity index (χ2n) is 12.3. The molecule has 3 amide bonds. The molecule has 0 aromatic heterocycles. The van der Waals surface area contributed by atoms with Gasteiger partial charge in [-0.3, -0.25) is 9.59 Å². The topological polar surface area (TPSA) is 108 Å². The summed E-state index contributed by atoms with van der Waals surface area (Å²) in [6.45, 7) is 9.02. The Morgan fingerprint density at radius 2 is 1.59 bits per heavy atom. The Labute approximate surface area is 270 Å². The Kier molecular flexibility index (Phi) is 10.7. The van der Waals surface area contributed by atoms with E-state index in [1.165, 1.54) is 17.0 Å². The van der Waals surface area contributed by atoms with Gasteiger partial charge in [-0.25, -0.2) is 4.79 Å². The maximum atomic E-state index is 14.7. The number of terminal acetylenes is 1. The van der Waals surface area contributed by atoms with Gasteiger partial charge in [-0.1, -0.05) is 67.4 Å². The zero-order valence-corrected chi connectivity index (χ0v) is 26.9. The molecule has 0 spiro atoms. The second kappa shape index (κ2) is 14.7. The lowest BCUT2D eigenvalue weighted by molar-refractivity contribution is -0.143. The number of hydrogen-bond donors (Lipinski definition) is 3. The summed E-state index contributed by atoms with van der Waals surface area (Å²) < 4.78 is 5.52. The molecule has 0 bridgehead atoms. The SMILES string of the molecule is C#Cc1ccc(C(C(=O)Nc2ccc3ccccc3c2)N(C(=O)C(Cc2ccc(O)cc2)NC(=O)OC(C)(C)C)C(C)CC)cc1. The van der Waals surface area contributed by atoms with E-state index in [9.17, 15) is 19.5 Å². The largest absolute Gasteiger partial charge is 0.508 e. The van der Waals surface area contributed by atoms with Crippen LogP contribution in [0.4, 0.5) is 10.5 Å². The number of hydrogen-bond acceptors (Lipinski definition) is 5. The lowest BCUT2D eigenvalue weighted by Crippen LogP contribution is -2.55. The van der Waals surface area contributed by atoms with Crippen molar-refractivity contribution in [2.75, 3.05) is 5.32 Å². The normalized spacial score (nSPS) is 13.1. The van der Waals surface area contributed by atoms with Gasteiger partial charge in [0.15, 0.2) is 0 Å². The van der Waals surface area contributed by atoms with Crippen LogP contribution in [0.2, 0.25) is 0 Å². The number of fused-ring (bicyclic) bond motifs is 1. The molecule has 3 atom stereocenters. The fraction of sp³-hybridized carbons (Fsp3) is 0.289. The molecule has 4 rings (SSSR count). The smallest absolute Gasteiger partial charge is 0.408 e. The van der Waals surface area contributed by atoms with Crippen molar-refractivity contribution in [3.63, 3.8) is 0 Å². The van der Waals surface area contributed by atoms with Gasteiger partial charge in [0.2, 0.25) is 5.91 Å². The summed E-state index contributed by atoms with van der Waals surface area (Å²) in [6, 6.07) is 24.3. The van der Waals surface area contributed by atoms with E-state index < -0.39 is 41.6 Å². The van der Waals surface area contributed by atoms with Crippen molar-refractivity contribution in [1.29, 1.82) is 0 Å². The highest BCUT2D eigenvalue weighted by molar-refractivity contribution is 6.00. The Bertz CT molecular complexity index is 1720. The van der Waals surface area contributed by atoms with Gasteiger partial charge < -0.3 is 25.4 Å². The lowest BCUT2D eigenvalue weighted by atomic mass is 9.97. The molecule has 0 aliphatic rings. The molecule has 238 valence electrons. The van der Waals surface area contributed by atoms with Gasteiger partial charge in [0, 0.05) is 23.7 Å². The van der Waals surface area contributed by atoms with E-state index in [-0.39, 0.29) is 12.2 Å². The summed E-state index contributed by atoms with van der Waals surface area (Å²) >= 11 is 0. The monoisotopic (exact) mass is 619 g/mol. The van der Waals surface area contributed by atoms with Crippen molar-refractivity contribution in [1.82, 2.24) is 10.2 Å². The molecule has 0 aliphatic heterocycles. The highest BCUT2D eigenvalue weighted by atomic mass is 16.6. The average molecular weight is 620 g/mol. The van der Waals surface area contributed by atoms with Crippen molar-refractivity contribution in [2.45, 2.75) is 71.2 Å². The summed E-state index contributed by atoms with van der Waals surface area (Å²) in [6.07, 6.45) is 5.48. The van der Waals surface area contributed by atoms with E-state index in [1.807, 2.05) is 56.3 Å². The van der Waals surface area contributed by atoms with Crippen LogP contribution in [0.1, 0.15) is 63.8 Å². The van der Waals surface area contributed by atoms with Crippen molar-refractivity contribution < 1.29 is 24.2 Å². The molecule has 0 saturated carbocycles. The zero-order valence-electron chi connectivity index (χ0n) is 26.9. The van der Waals surface area contributed by atoms with Crippen LogP contribution in [-0.2, 0) is 20.7 Å². The fourth-order valence-corrected chi connectivity index (χ4v) is 5.17. The van der Waals surface area contributed by atoms with Crippen molar-refractivity contribution in [3.8, 4) is 18.1 Å². The highest BCUT2D eigenvalue weighted by Gasteiger charge is 2.38. The van der Waals surface area contributed by atoms with Crippen LogP contribution in [0, 0.1) is 12.3 Å². The molecular formula is C38H41N3O5. The molecule has 0 fully saturated rings. The van der Waals surface area contributed by atoms with Crippen LogP contribution >= 0.6 is 0 Å². The molecule has 8 heteroatoms. The number of ether oxygens (including phenoxy) is 1. The number of nitrogens with one attached hydrogen (secondary N) is 2. The maximum Gasteiger partial charge on any atom is 0.408 e. The van der Waals surface area contributed by atoms with E-state index in [0.29, 0.717) is 28.8 Å². The van der Waals surface area contributed by atoms with Gasteiger partial charge >= 0.3 is 6.09 Å². The molecule has 0 radical (unpaired) electrons. The quantitative estimate of drug-likeness (QED) is 0.166. The second-order valence-corrected chi connectivity index (χ2v) is 12.3. The van der Waals surface area contributed by atoms with Gasteiger partial charge in [-0.15, -0.1) is 6.42 Å². The first-order valence-corrected chi connectivity index (χ1v) is 15.3. The number of carbonyl (C=O) groups excluding carboxylic acids is 3. The fourth-order valence-electron chi connectivity index (χ4n) is 5.17. The van der Waals surface area contributed by atoms with Crippen LogP contribution in [-0.4, -0.2) is 45.6 Å². The predicted octanol–water partition coefficient (Wildman–Crippen LogP) is 6.97. The minimum absolute atomic E-state index is 0.0776. The number of anilines is 1. The van der Waals surface area contributed by atoms with Crippen molar-refractivity contribution >= 4 is 34.4 Å².